The Kier molecular flexibility index (Phi) is 4.89. The van der Waals surface area contributed by atoms with Crippen LogP contribution in [0.3, 0.4) is 0 Å². The Bertz CT molecular complexity index is 454. The molecule has 0 aromatic carbocycles. The summed E-state index contributed by atoms with van der Waals surface area (Å²) in [6, 6.07) is -0.353. The fourth-order valence-electron chi connectivity index (χ4n) is 1.97. The molecule has 1 saturated heterocycles. The zero-order chi connectivity index (χ0) is 13.8. The fraction of sp³-hybridized carbons (Fsp3) is 0.636. The van der Waals surface area contributed by atoms with Crippen LogP contribution in [0.25, 0.3) is 0 Å². The van der Waals surface area contributed by atoms with E-state index in [2.05, 4.69) is 0 Å². The van der Waals surface area contributed by atoms with E-state index in [1.807, 2.05) is 6.92 Å². The van der Waals surface area contributed by atoms with E-state index in [1.54, 1.807) is 0 Å². The van der Waals surface area contributed by atoms with Gasteiger partial charge >= 0.3 is 0 Å². The number of carbonyl (C=O) groups excluding carboxylic acids is 2. The lowest BCUT2D eigenvalue weighted by molar-refractivity contribution is -0.297. The zero-order valence-corrected chi connectivity index (χ0v) is 11.0. The van der Waals surface area contributed by atoms with Gasteiger partial charge in [-0.15, -0.1) is 0 Å². The summed E-state index contributed by atoms with van der Waals surface area (Å²) in [6.07, 6.45) is 2.67. The van der Waals surface area contributed by atoms with E-state index in [0.717, 1.165) is 6.08 Å². The highest BCUT2D eigenvalue weighted by Gasteiger charge is 2.33. The van der Waals surface area contributed by atoms with Gasteiger partial charge in [-0.1, -0.05) is 6.92 Å². The number of amides is 1. The predicted octanol–water partition coefficient (Wildman–Crippen LogP) is -1.28. The van der Waals surface area contributed by atoms with Crippen molar-refractivity contribution in [2.45, 2.75) is 25.8 Å². The molecule has 0 aromatic heterocycles. The molecule has 1 atom stereocenters. The quantitative estimate of drug-likeness (QED) is 0.582. The fourth-order valence-corrected chi connectivity index (χ4v) is 3.70. The molecule has 0 N–H and O–H groups in total. The first-order valence-electron chi connectivity index (χ1n) is 5.76. The Morgan fingerprint density at radius 2 is 2.06 bits per heavy atom. The van der Waals surface area contributed by atoms with Gasteiger partial charge in [0.1, 0.15) is 0 Å². The lowest BCUT2D eigenvalue weighted by Gasteiger charge is -2.26. The van der Waals surface area contributed by atoms with Crippen molar-refractivity contribution in [2.24, 2.45) is 0 Å². The van der Waals surface area contributed by atoms with Crippen LogP contribution < -0.4 is 5.11 Å². The van der Waals surface area contributed by atoms with Gasteiger partial charge in [0.2, 0.25) is 5.91 Å². The third kappa shape index (κ3) is 4.14. The van der Waals surface area contributed by atoms with Gasteiger partial charge in [-0.3, -0.25) is 4.79 Å². The molecule has 1 amide bonds. The summed E-state index contributed by atoms with van der Waals surface area (Å²) >= 11 is 0. The van der Waals surface area contributed by atoms with E-state index < -0.39 is 21.7 Å². The van der Waals surface area contributed by atoms with Crippen LogP contribution in [0, 0.1) is 0 Å². The topological polar surface area (TPSA) is 94.6 Å². The Morgan fingerprint density at radius 3 is 2.50 bits per heavy atom. The number of carboxylic acids is 1. The molecule has 1 rings (SSSR count). The summed E-state index contributed by atoms with van der Waals surface area (Å²) in [5, 5.41) is 10.2. The van der Waals surface area contributed by atoms with Crippen LogP contribution in [-0.2, 0) is 19.4 Å². The minimum absolute atomic E-state index is 0.0437. The summed E-state index contributed by atoms with van der Waals surface area (Å²) in [6.45, 7) is 2.28. The van der Waals surface area contributed by atoms with Crippen molar-refractivity contribution < 1.29 is 23.1 Å². The average Bonchev–Trinajstić information content (AvgIpc) is 2.63. The predicted molar refractivity (Wildman–Crippen MR) is 63.2 cm³/mol. The van der Waals surface area contributed by atoms with Crippen LogP contribution in [0.5, 0.6) is 0 Å². The number of hydrogen-bond donors (Lipinski definition) is 0. The van der Waals surface area contributed by atoms with Gasteiger partial charge in [0.15, 0.2) is 9.84 Å². The second kappa shape index (κ2) is 5.99. The molecule has 0 unspecified atom stereocenters. The number of aliphatic carboxylic acids is 1. The molecule has 7 heteroatoms. The molecular formula is C11H16NO5S-. The lowest BCUT2D eigenvalue weighted by Crippen LogP contribution is -2.41. The number of hydrogen-bond acceptors (Lipinski definition) is 5. The van der Waals surface area contributed by atoms with Gasteiger partial charge in [0.25, 0.3) is 0 Å². The van der Waals surface area contributed by atoms with Gasteiger partial charge in [-0.25, -0.2) is 8.42 Å². The van der Waals surface area contributed by atoms with Crippen molar-refractivity contribution in [3.05, 3.63) is 12.2 Å². The van der Waals surface area contributed by atoms with Crippen LogP contribution in [0.1, 0.15) is 19.8 Å². The molecule has 1 aliphatic heterocycles. The van der Waals surface area contributed by atoms with E-state index in [4.69, 9.17) is 0 Å². The first-order chi connectivity index (χ1) is 8.35. The van der Waals surface area contributed by atoms with Crippen molar-refractivity contribution in [1.82, 2.24) is 4.90 Å². The molecule has 18 heavy (non-hydrogen) atoms. The average molecular weight is 274 g/mol. The molecule has 0 radical (unpaired) electrons. The summed E-state index contributed by atoms with van der Waals surface area (Å²) in [5.74, 6) is -1.89. The summed E-state index contributed by atoms with van der Waals surface area (Å²) in [5.41, 5.74) is 0. The van der Waals surface area contributed by atoms with Gasteiger partial charge in [-0.05, 0) is 18.9 Å². The monoisotopic (exact) mass is 274 g/mol. The van der Waals surface area contributed by atoms with Gasteiger partial charge in [-0.2, -0.15) is 0 Å². The normalized spacial score (nSPS) is 22.2. The minimum atomic E-state index is -3.07. The molecule has 6 nitrogen and oxygen atoms in total. The minimum Gasteiger partial charge on any atom is -0.545 e. The Hall–Kier alpha value is -1.37. The summed E-state index contributed by atoms with van der Waals surface area (Å²) < 4.78 is 22.8. The zero-order valence-electron chi connectivity index (χ0n) is 10.2. The van der Waals surface area contributed by atoms with Crippen molar-refractivity contribution >= 4 is 21.7 Å². The van der Waals surface area contributed by atoms with E-state index in [0.29, 0.717) is 25.5 Å². The van der Waals surface area contributed by atoms with Crippen molar-refractivity contribution in [3.63, 3.8) is 0 Å². The first kappa shape index (κ1) is 14.7. The maximum Gasteiger partial charge on any atom is 0.246 e. The van der Waals surface area contributed by atoms with Crippen molar-refractivity contribution in [2.75, 3.05) is 18.1 Å². The number of sulfone groups is 1. The lowest BCUT2D eigenvalue weighted by atomic mass is 10.2. The van der Waals surface area contributed by atoms with E-state index in [1.165, 1.54) is 4.90 Å². The smallest absolute Gasteiger partial charge is 0.246 e. The highest BCUT2D eigenvalue weighted by atomic mass is 32.2. The van der Waals surface area contributed by atoms with Crippen LogP contribution in [0.4, 0.5) is 0 Å². The molecule has 1 fully saturated rings. The Labute approximate surface area is 106 Å². The Balaban J connectivity index is 2.77. The molecule has 102 valence electrons. The Morgan fingerprint density at radius 1 is 1.39 bits per heavy atom. The third-order valence-electron chi connectivity index (χ3n) is 2.76. The molecular weight excluding hydrogens is 258 g/mol. The second-order valence-electron chi connectivity index (χ2n) is 4.24. The first-order valence-corrected chi connectivity index (χ1v) is 7.58. The van der Waals surface area contributed by atoms with Gasteiger partial charge in [0, 0.05) is 18.7 Å². The summed E-state index contributed by atoms with van der Waals surface area (Å²) in [4.78, 5) is 23.5. The molecule has 0 bridgehead atoms. The van der Waals surface area contributed by atoms with Crippen LogP contribution in [0.2, 0.25) is 0 Å². The molecule has 1 aliphatic rings. The standard InChI is InChI=1S/C11H17NO5S/c1-2-6-12(10(13)3-4-11(14)15)9-5-7-18(16,17)8-9/h3-4,9H,2,5-8H2,1H3,(H,14,15)/p-1/b4-3+/t9-/m1/s1. The number of nitrogens with zero attached hydrogens (tertiary/aromatic N) is 1. The molecule has 0 aliphatic carbocycles. The number of carbonyl (C=O) groups is 2. The SMILES string of the molecule is CCCN(C(=O)/C=C/C(=O)[O-])[C@@H]1CCS(=O)(=O)C1. The second-order valence-corrected chi connectivity index (χ2v) is 6.47. The highest BCUT2D eigenvalue weighted by Crippen LogP contribution is 2.18. The molecule has 0 saturated carbocycles. The molecule has 0 spiro atoms. The van der Waals surface area contributed by atoms with Crippen LogP contribution in [0.15, 0.2) is 12.2 Å². The summed E-state index contributed by atoms with van der Waals surface area (Å²) in [7, 11) is -3.07. The van der Waals surface area contributed by atoms with Gasteiger partial charge in [0.05, 0.1) is 17.5 Å². The van der Waals surface area contributed by atoms with E-state index in [9.17, 15) is 23.1 Å². The maximum absolute atomic E-state index is 11.8. The van der Waals surface area contributed by atoms with Gasteiger partial charge < -0.3 is 14.8 Å². The highest BCUT2D eigenvalue weighted by molar-refractivity contribution is 7.91. The van der Waals surface area contributed by atoms with Crippen LogP contribution >= 0.6 is 0 Å². The largest absolute Gasteiger partial charge is 0.545 e. The molecule has 1 heterocycles. The van der Waals surface area contributed by atoms with E-state index in [-0.39, 0.29) is 17.5 Å². The number of rotatable bonds is 5. The van der Waals surface area contributed by atoms with Crippen molar-refractivity contribution in [3.8, 4) is 0 Å². The van der Waals surface area contributed by atoms with Crippen LogP contribution in [-0.4, -0.2) is 49.3 Å². The number of carboxylic acid groups (broad SMARTS) is 1. The van der Waals surface area contributed by atoms with Crippen molar-refractivity contribution in [1.29, 1.82) is 0 Å². The molecule has 0 aromatic rings. The third-order valence-corrected chi connectivity index (χ3v) is 4.51. The van der Waals surface area contributed by atoms with E-state index >= 15 is 0 Å². The maximum atomic E-state index is 11.8.